The van der Waals surface area contributed by atoms with Crippen LogP contribution in [-0.2, 0) is 4.74 Å². The molecule has 116 valence electrons. The molecule has 0 aromatic heterocycles. The standard InChI is InChI=1S/C18H26O3/c1-6-21-17(20)15-9-7-8-14(11-15)16(19)10-13(2)12-18(3,4)5/h7-9,11,13H,6,10,12H2,1-5H3. The van der Waals surface area contributed by atoms with Gasteiger partial charge in [0.05, 0.1) is 12.2 Å². The molecular formula is C18H26O3. The largest absolute Gasteiger partial charge is 0.462 e. The van der Waals surface area contributed by atoms with Crippen LogP contribution >= 0.6 is 0 Å². The van der Waals surface area contributed by atoms with Gasteiger partial charge >= 0.3 is 5.97 Å². The van der Waals surface area contributed by atoms with Crippen molar-refractivity contribution in [1.82, 2.24) is 0 Å². The second-order valence-electron chi connectivity index (χ2n) is 6.80. The molecule has 0 bridgehead atoms. The summed E-state index contributed by atoms with van der Waals surface area (Å²) in [6.07, 6.45) is 1.50. The van der Waals surface area contributed by atoms with Crippen LogP contribution < -0.4 is 0 Å². The van der Waals surface area contributed by atoms with Gasteiger partial charge in [0.15, 0.2) is 5.78 Å². The summed E-state index contributed by atoms with van der Waals surface area (Å²) in [6.45, 7) is 10.7. The van der Waals surface area contributed by atoms with Crippen molar-refractivity contribution >= 4 is 11.8 Å². The minimum atomic E-state index is -0.380. The van der Waals surface area contributed by atoms with Gasteiger partial charge < -0.3 is 4.74 Å². The van der Waals surface area contributed by atoms with Crippen molar-refractivity contribution in [2.45, 2.75) is 47.5 Å². The first-order valence-electron chi connectivity index (χ1n) is 7.53. The summed E-state index contributed by atoms with van der Waals surface area (Å²) in [5, 5.41) is 0. The minimum Gasteiger partial charge on any atom is -0.462 e. The van der Waals surface area contributed by atoms with Crippen LogP contribution in [-0.4, -0.2) is 18.4 Å². The Bertz CT molecular complexity index is 497. The fourth-order valence-electron chi connectivity index (χ4n) is 2.59. The number of ketones is 1. The van der Waals surface area contributed by atoms with Crippen LogP contribution in [0.4, 0.5) is 0 Å². The van der Waals surface area contributed by atoms with Gasteiger partial charge in [0.1, 0.15) is 0 Å². The van der Waals surface area contributed by atoms with Gasteiger partial charge in [0.25, 0.3) is 0 Å². The van der Waals surface area contributed by atoms with E-state index in [2.05, 4.69) is 27.7 Å². The van der Waals surface area contributed by atoms with E-state index in [0.717, 1.165) is 6.42 Å². The van der Waals surface area contributed by atoms with Gasteiger partial charge in [-0.2, -0.15) is 0 Å². The van der Waals surface area contributed by atoms with Gasteiger partial charge in [-0.25, -0.2) is 4.79 Å². The molecule has 0 aliphatic rings. The Balaban J connectivity index is 2.75. The van der Waals surface area contributed by atoms with Gasteiger partial charge in [-0.3, -0.25) is 4.79 Å². The summed E-state index contributed by atoms with van der Waals surface area (Å²) in [5.74, 6) is 0.0246. The first-order chi connectivity index (χ1) is 9.73. The lowest BCUT2D eigenvalue weighted by atomic mass is 9.83. The van der Waals surface area contributed by atoms with Gasteiger partial charge in [-0.15, -0.1) is 0 Å². The molecule has 0 radical (unpaired) electrons. The van der Waals surface area contributed by atoms with E-state index in [1.54, 1.807) is 31.2 Å². The summed E-state index contributed by atoms with van der Waals surface area (Å²) < 4.78 is 4.96. The fourth-order valence-corrected chi connectivity index (χ4v) is 2.59. The molecule has 3 nitrogen and oxygen atoms in total. The lowest BCUT2D eigenvalue weighted by Gasteiger charge is -2.22. The number of carbonyl (C=O) groups excluding carboxylic acids is 2. The van der Waals surface area contributed by atoms with E-state index in [4.69, 9.17) is 4.74 Å². The van der Waals surface area contributed by atoms with E-state index in [-0.39, 0.29) is 17.2 Å². The highest BCUT2D eigenvalue weighted by Crippen LogP contribution is 2.27. The van der Waals surface area contributed by atoms with E-state index in [0.29, 0.717) is 30.1 Å². The number of carbonyl (C=O) groups is 2. The summed E-state index contributed by atoms with van der Waals surface area (Å²) in [6, 6.07) is 6.79. The Morgan fingerprint density at radius 3 is 2.38 bits per heavy atom. The first kappa shape index (κ1) is 17.4. The second kappa shape index (κ2) is 7.39. The normalized spacial score (nSPS) is 12.8. The SMILES string of the molecule is CCOC(=O)c1cccc(C(=O)CC(C)CC(C)(C)C)c1. The Morgan fingerprint density at radius 2 is 1.81 bits per heavy atom. The highest BCUT2D eigenvalue weighted by Gasteiger charge is 2.19. The number of esters is 1. The third kappa shape index (κ3) is 6.11. The maximum Gasteiger partial charge on any atom is 0.338 e. The Labute approximate surface area is 127 Å². The van der Waals surface area contributed by atoms with Crippen LogP contribution in [0.5, 0.6) is 0 Å². The van der Waals surface area contributed by atoms with Crippen LogP contribution in [0.2, 0.25) is 0 Å². The molecule has 1 rings (SSSR count). The topological polar surface area (TPSA) is 43.4 Å². The molecule has 1 aromatic rings. The maximum absolute atomic E-state index is 12.3. The zero-order valence-corrected chi connectivity index (χ0v) is 13.7. The average molecular weight is 290 g/mol. The molecule has 1 atom stereocenters. The molecule has 1 unspecified atom stereocenters. The molecule has 0 aliphatic heterocycles. The van der Waals surface area contributed by atoms with E-state index >= 15 is 0 Å². The number of Topliss-reactive ketones (excluding diaryl/α,β-unsaturated/α-hetero) is 1. The predicted octanol–water partition coefficient (Wildman–Crippen LogP) is 4.51. The molecule has 1 aromatic carbocycles. The second-order valence-corrected chi connectivity index (χ2v) is 6.80. The van der Waals surface area contributed by atoms with Crippen molar-refractivity contribution in [3.63, 3.8) is 0 Å². The Morgan fingerprint density at radius 1 is 1.19 bits per heavy atom. The lowest BCUT2D eigenvalue weighted by molar-refractivity contribution is 0.0526. The molecule has 0 N–H and O–H groups in total. The van der Waals surface area contributed by atoms with Crippen LogP contribution in [0, 0.1) is 11.3 Å². The van der Waals surface area contributed by atoms with Crippen LogP contribution in [0.25, 0.3) is 0 Å². The quantitative estimate of drug-likeness (QED) is 0.572. The highest BCUT2D eigenvalue weighted by atomic mass is 16.5. The van der Waals surface area contributed by atoms with Crippen molar-refractivity contribution in [1.29, 1.82) is 0 Å². The summed E-state index contributed by atoms with van der Waals surface area (Å²) in [5.41, 5.74) is 1.24. The smallest absolute Gasteiger partial charge is 0.338 e. The molecular weight excluding hydrogens is 264 g/mol. The van der Waals surface area contributed by atoms with Crippen molar-refractivity contribution in [3.05, 3.63) is 35.4 Å². The van der Waals surface area contributed by atoms with Gasteiger partial charge in [-0.1, -0.05) is 39.8 Å². The van der Waals surface area contributed by atoms with Crippen molar-refractivity contribution in [2.75, 3.05) is 6.61 Å². The van der Waals surface area contributed by atoms with Crippen molar-refractivity contribution < 1.29 is 14.3 Å². The van der Waals surface area contributed by atoms with Crippen LogP contribution in [0.1, 0.15) is 68.2 Å². The van der Waals surface area contributed by atoms with Gasteiger partial charge in [0, 0.05) is 12.0 Å². The van der Waals surface area contributed by atoms with Gasteiger partial charge in [0.2, 0.25) is 0 Å². The first-order valence-corrected chi connectivity index (χ1v) is 7.53. The summed E-state index contributed by atoms with van der Waals surface area (Å²) in [4.78, 5) is 24.0. The van der Waals surface area contributed by atoms with Crippen LogP contribution in [0.15, 0.2) is 24.3 Å². The molecule has 3 heteroatoms. The minimum absolute atomic E-state index is 0.0814. The van der Waals surface area contributed by atoms with E-state index < -0.39 is 0 Å². The fraction of sp³-hybridized carbons (Fsp3) is 0.556. The molecule has 0 spiro atoms. The molecule has 0 amide bonds. The summed E-state index contributed by atoms with van der Waals surface area (Å²) >= 11 is 0. The summed E-state index contributed by atoms with van der Waals surface area (Å²) in [7, 11) is 0. The van der Waals surface area contributed by atoms with E-state index in [1.165, 1.54) is 0 Å². The highest BCUT2D eigenvalue weighted by molar-refractivity contribution is 5.99. The molecule has 21 heavy (non-hydrogen) atoms. The van der Waals surface area contributed by atoms with E-state index in [9.17, 15) is 9.59 Å². The lowest BCUT2D eigenvalue weighted by Crippen LogP contribution is -2.15. The third-order valence-corrected chi connectivity index (χ3v) is 3.19. The van der Waals surface area contributed by atoms with Gasteiger partial charge in [-0.05, 0) is 36.8 Å². The number of rotatable bonds is 6. The van der Waals surface area contributed by atoms with Crippen molar-refractivity contribution in [2.24, 2.45) is 11.3 Å². The Kier molecular flexibility index (Phi) is 6.13. The zero-order valence-electron chi connectivity index (χ0n) is 13.7. The molecule has 0 aliphatic carbocycles. The number of hydrogen-bond acceptors (Lipinski definition) is 3. The average Bonchev–Trinajstić information content (AvgIpc) is 2.36. The molecule has 0 heterocycles. The van der Waals surface area contributed by atoms with Crippen LogP contribution in [0.3, 0.4) is 0 Å². The molecule has 0 fully saturated rings. The molecule has 0 saturated carbocycles. The van der Waals surface area contributed by atoms with Crippen molar-refractivity contribution in [3.8, 4) is 0 Å². The molecule has 0 saturated heterocycles. The number of hydrogen-bond donors (Lipinski definition) is 0. The number of ether oxygens (including phenoxy) is 1. The Hall–Kier alpha value is -1.64. The maximum atomic E-state index is 12.3. The third-order valence-electron chi connectivity index (χ3n) is 3.19. The zero-order chi connectivity index (χ0) is 16.0. The predicted molar refractivity (Wildman–Crippen MR) is 84.6 cm³/mol. The monoisotopic (exact) mass is 290 g/mol. The van der Waals surface area contributed by atoms with E-state index in [1.807, 2.05) is 0 Å². The number of benzene rings is 1.